The van der Waals surface area contributed by atoms with Crippen LogP contribution in [-0.2, 0) is 27.8 Å². The van der Waals surface area contributed by atoms with Crippen LogP contribution in [0.5, 0.6) is 0 Å². The van der Waals surface area contributed by atoms with Crippen molar-refractivity contribution in [3.63, 3.8) is 0 Å². The molecule has 0 bridgehead atoms. The Kier molecular flexibility index (Phi) is 5.90. The first-order valence-corrected chi connectivity index (χ1v) is 11.0. The van der Waals surface area contributed by atoms with Gasteiger partial charge >= 0.3 is 0 Å². The second-order valence-corrected chi connectivity index (χ2v) is 9.54. The molecule has 0 fully saturated rings. The lowest BCUT2D eigenvalue weighted by Gasteiger charge is -2.26. The minimum absolute atomic E-state index is 0.0370. The Morgan fingerprint density at radius 1 is 1.32 bits per heavy atom. The van der Waals surface area contributed by atoms with E-state index in [1.807, 2.05) is 6.92 Å². The maximum absolute atomic E-state index is 14.0. The lowest BCUT2D eigenvalue weighted by molar-refractivity contribution is -0.119. The number of fused-ring (bicyclic) bond motifs is 1. The van der Waals surface area contributed by atoms with Gasteiger partial charge in [-0.05, 0) is 62.4 Å². The van der Waals surface area contributed by atoms with E-state index in [0.29, 0.717) is 17.7 Å². The summed E-state index contributed by atoms with van der Waals surface area (Å²) in [5.41, 5.74) is 1.96. The fraction of sp³-hybridized carbons (Fsp3) is 0.316. The van der Waals surface area contributed by atoms with Crippen molar-refractivity contribution in [2.24, 2.45) is 5.14 Å². The van der Waals surface area contributed by atoms with Gasteiger partial charge in [-0.15, -0.1) is 0 Å². The number of halogens is 2. The number of likely N-dealkylation sites (N-methyl/N-ethyl adjacent to an activating group) is 1. The van der Waals surface area contributed by atoms with E-state index >= 15 is 0 Å². The maximum atomic E-state index is 14.0. The summed E-state index contributed by atoms with van der Waals surface area (Å²) in [7, 11) is -2.04. The van der Waals surface area contributed by atoms with Gasteiger partial charge in [0, 0.05) is 28.3 Å². The molecule has 2 N–H and O–H groups in total. The molecule has 0 radical (unpaired) electrons. The first kappa shape index (κ1) is 20.9. The molecule has 1 heterocycles. The number of anilines is 1. The molecule has 1 amide bonds. The molecular formula is C19H21BrFN3O3S. The van der Waals surface area contributed by atoms with Crippen molar-refractivity contribution in [2.75, 3.05) is 18.5 Å². The van der Waals surface area contributed by atoms with Crippen molar-refractivity contribution in [1.82, 2.24) is 4.90 Å². The first-order chi connectivity index (χ1) is 13.1. The Hall–Kier alpha value is -1.81. The van der Waals surface area contributed by atoms with Crippen LogP contribution in [0.1, 0.15) is 18.1 Å². The van der Waals surface area contributed by atoms with Crippen LogP contribution in [0.25, 0.3) is 0 Å². The van der Waals surface area contributed by atoms with E-state index in [1.54, 1.807) is 35.0 Å². The summed E-state index contributed by atoms with van der Waals surface area (Å²) < 4.78 is 37.8. The van der Waals surface area contributed by atoms with Crippen LogP contribution in [0.15, 0.2) is 45.8 Å². The lowest BCUT2D eigenvalue weighted by atomic mass is 10.1. The number of rotatable bonds is 5. The molecule has 150 valence electrons. The van der Waals surface area contributed by atoms with Crippen LogP contribution in [0.4, 0.5) is 10.1 Å². The molecule has 9 heteroatoms. The molecule has 2 aromatic rings. The van der Waals surface area contributed by atoms with E-state index in [1.165, 1.54) is 18.2 Å². The van der Waals surface area contributed by atoms with Crippen LogP contribution in [0, 0.1) is 5.82 Å². The number of benzene rings is 2. The number of hydrogen-bond acceptors (Lipinski definition) is 4. The minimum atomic E-state index is -3.79. The molecule has 0 aliphatic carbocycles. The molecule has 0 spiro atoms. The van der Waals surface area contributed by atoms with Gasteiger partial charge < -0.3 is 4.90 Å². The Morgan fingerprint density at radius 2 is 2.04 bits per heavy atom. The summed E-state index contributed by atoms with van der Waals surface area (Å²) >= 11 is 3.32. The van der Waals surface area contributed by atoms with Crippen molar-refractivity contribution in [1.29, 1.82) is 0 Å². The number of hydrogen-bond donors (Lipinski definition) is 1. The highest BCUT2D eigenvalue weighted by Gasteiger charge is 2.32. The SMILES string of the molecule is CC1Cc2cc(S(N)(=O)=O)ccc2N1C(=O)CN(C)Cc1cc(Br)ccc1F. The molecular weight excluding hydrogens is 449 g/mol. The van der Waals surface area contributed by atoms with Crippen LogP contribution in [-0.4, -0.2) is 38.9 Å². The highest BCUT2D eigenvalue weighted by atomic mass is 79.9. The monoisotopic (exact) mass is 469 g/mol. The average molecular weight is 470 g/mol. The summed E-state index contributed by atoms with van der Waals surface area (Å²) in [4.78, 5) is 16.3. The highest BCUT2D eigenvalue weighted by molar-refractivity contribution is 9.10. The standard InChI is InChI=1S/C19H21BrFN3O3S/c1-12-7-13-9-16(28(22,26)27)4-6-18(13)24(12)19(25)11-23(2)10-14-8-15(20)3-5-17(14)21/h3-6,8-9,12H,7,10-11H2,1-2H3,(H2,22,26,27). The number of primary sulfonamides is 1. The first-order valence-electron chi connectivity index (χ1n) is 8.66. The Bertz CT molecular complexity index is 1030. The van der Waals surface area contributed by atoms with Crippen LogP contribution >= 0.6 is 15.9 Å². The number of nitrogens with two attached hydrogens (primary N) is 1. The normalized spacial score (nSPS) is 16.5. The van der Waals surface area contributed by atoms with Crippen LogP contribution in [0.3, 0.4) is 0 Å². The van der Waals surface area contributed by atoms with Gasteiger partial charge in [0.2, 0.25) is 15.9 Å². The molecule has 0 saturated heterocycles. The molecule has 1 atom stereocenters. The molecule has 1 unspecified atom stereocenters. The van der Waals surface area contributed by atoms with Gasteiger partial charge in [-0.1, -0.05) is 15.9 Å². The van der Waals surface area contributed by atoms with E-state index in [4.69, 9.17) is 5.14 Å². The van der Waals surface area contributed by atoms with Crippen molar-refractivity contribution >= 4 is 37.5 Å². The zero-order valence-electron chi connectivity index (χ0n) is 15.5. The van der Waals surface area contributed by atoms with E-state index in [0.717, 1.165) is 10.0 Å². The number of sulfonamides is 1. The third kappa shape index (κ3) is 4.43. The molecule has 3 rings (SSSR count). The smallest absolute Gasteiger partial charge is 0.241 e. The largest absolute Gasteiger partial charge is 0.308 e. The third-order valence-electron chi connectivity index (χ3n) is 4.72. The van der Waals surface area contributed by atoms with Crippen molar-refractivity contribution in [2.45, 2.75) is 30.8 Å². The van der Waals surface area contributed by atoms with Gasteiger partial charge in [-0.3, -0.25) is 9.69 Å². The second kappa shape index (κ2) is 7.90. The fourth-order valence-corrected chi connectivity index (χ4v) is 4.46. The van der Waals surface area contributed by atoms with E-state index < -0.39 is 10.0 Å². The Morgan fingerprint density at radius 3 is 2.71 bits per heavy atom. The minimum Gasteiger partial charge on any atom is -0.308 e. The summed E-state index contributed by atoms with van der Waals surface area (Å²) in [5.74, 6) is -0.453. The predicted molar refractivity (Wildman–Crippen MR) is 109 cm³/mol. The Labute approximate surface area is 172 Å². The average Bonchev–Trinajstić information content (AvgIpc) is 2.92. The number of carbonyl (C=O) groups excluding carboxylic acids is 1. The second-order valence-electron chi connectivity index (χ2n) is 7.06. The van der Waals surface area contributed by atoms with Crippen molar-refractivity contribution in [3.8, 4) is 0 Å². The van der Waals surface area contributed by atoms with Gasteiger partial charge in [0.25, 0.3) is 0 Å². The fourth-order valence-electron chi connectivity index (χ4n) is 3.48. The molecule has 0 aromatic heterocycles. The molecule has 1 aliphatic rings. The van der Waals surface area contributed by atoms with Gasteiger partial charge in [0.1, 0.15) is 5.82 Å². The zero-order chi connectivity index (χ0) is 20.6. The Balaban J connectivity index is 1.75. The van der Waals surface area contributed by atoms with Gasteiger partial charge in [0.15, 0.2) is 0 Å². The summed E-state index contributed by atoms with van der Waals surface area (Å²) in [6.07, 6.45) is 0.550. The number of nitrogens with zero attached hydrogens (tertiary/aromatic N) is 2. The van der Waals surface area contributed by atoms with E-state index in [-0.39, 0.29) is 35.8 Å². The summed E-state index contributed by atoms with van der Waals surface area (Å²) in [6, 6.07) is 9.15. The molecule has 2 aromatic carbocycles. The van der Waals surface area contributed by atoms with Gasteiger partial charge in [-0.25, -0.2) is 17.9 Å². The van der Waals surface area contributed by atoms with Gasteiger partial charge in [0.05, 0.1) is 11.4 Å². The number of carbonyl (C=O) groups is 1. The topological polar surface area (TPSA) is 83.7 Å². The van der Waals surface area contributed by atoms with Gasteiger partial charge in [-0.2, -0.15) is 0 Å². The van der Waals surface area contributed by atoms with Crippen LogP contribution < -0.4 is 10.0 Å². The highest BCUT2D eigenvalue weighted by Crippen LogP contribution is 2.33. The molecule has 1 aliphatic heterocycles. The lowest BCUT2D eigenvalue weighted by Crippen LogP contribution is -2.42. The van der Waals surface area contributed by atoms with E-state index in [2.05, 4.69) is 15.9 Å². The summed E-state index contributed by atoms with van der Waals surface area (Å²) in [5, 5.41) is 5.19. The third-order valence-corrected chi connectivity index (χ3v) is 6.12. The van der Waals surface area contributed by atoms with Crippen LogP contribution in [0.2, 0.25) is 0 Å². The van der Waals surface area contributed by atoms with Crippen molar-refractivity contribution in [3.05, 3.63) is 57.8 Å². The zero-order valence-corrected chi connectivity index (χ0v) is 17.9. The maximum Gasteiger partial charge on any atom is 0.241 e. The predicted octanol–water partition coefficient (Wildman–Crippen LogP) is 2.65. The number of amides is 1. The quantitative estimate of drug-likeness (QED) is 0.729. The molecule has 6 nitrogen and oxygen atoms in total. The van der Waals surface area contributed by atoms with Crippen molar-refractivity contribution < 1.29 is 17.6 Å². The van der Waals surface area contributed by atoms with E-state index in [9.17, 15) is 17.6 Å². The molecule has 0 saturated carbocycles. The molecule has 28 heavy (non-hydrogen) atoms. The summed E-state index contributed by atoms with van der Waals surface area (Å²) in [6.45, 7) is 2.30.